The van der Waals surface area contributed by atoms with Gasteiger partial charge >= 0.3 is 12.2 Å². The van der Waals surface area contributed by atoms with Gasteiger partial charge in [0, 0.05) is 29.6 Å². The van der Waals surface area contributed by atoms with E-state index in [9.17, 15) is 14.7 Å². The quantitative estimate of drug-likeness (QED) is 0.0594. The van der Waals surface area contributed by atoms with Gasteiger partial charge in [0.25, 0.3) is 0 Å². The van der Waals surface area contributed by atoms with E-state index in [1.54, 1.807) is 0 Å². The molecule has 4 aromatic rings. The van der Waals surface area contributed by atoms with Crippen LogP contribution < -0.4 is 5.32 Å². The molecular weight excluding hydrogens is 1140 g/mol. The van der Waals surface area contributed by atoms with Crippen LogP contribution in [0.25, 0.3) is 11.1 Å². The van der Waals surface area contributed by atoms with E-state index in [1.165, 1.54) is 0 Å². The van der Waals surface area contributed by atoms with Gasteiger partial charge in [-0.25, -0.2) is 9.59 Å². The topological polar surface area (TPSA) is 177 Å². The minimum absolute atomic E-state index is 0.00627. The molecule has 4 aliphatic heterocycles. The molecule has 84 heavy (non-hydrogen) atoms. The van der Waals surface area contributed by atoms with Gasteiger partial charge in [-0.15, -0.1) is 0 Å². The van der Waals surface area contributed by atoms with E-state index in [2.05, 4.69) is 57.3 Å². The maximum atomic E-state index is 14.1. The van der Waals surface area contributed by atoms with E-state index in [0.29, 0.717) is 19.3 Å². The van der Waals surface area contributed by atoms with Crippen LogP contribution in [0.5, 0.6) is 0 Å². The SMILES string of the molecule is CCC1O[C@@H](O[C@@H]2C(CC)O[C@@H](OCc3ccccc3)C(NC(=O)OCC(Cl)(Cl)Cl)[C@H]2C)C(C)[C@@H](C)[C@@H]1O[C@@H]1OC(CO)[C@@H](C)[C@H](O[C@@H]2OC(CC)[C@H](C)[C@@H](C)C2OC(=O)OCC2c3ccccc3-c3ccccc32)C1OCc1ccccc1. The first-order valence-electron chi connectivity index (χ1n) is 29.9. The summed E-state index contributed by atoms with van der Waals surface area (Å²) in [4.78, 5) is 27.4. The van der Waals surface area contributed by atoms with E-state index in [-0.39, 0.29) is 62.1 Å². The van der Waals surface area contributed by atoms with Crippen LogP contribution in [0.15, 0.2) is 109 Å². The van der Waals surface area contributed by atoms with Crippen LogP contribution in [0, 0.1) is 35.5 Å². The summed E-state index contributed by atoms with van der Waals surface area (Å²) in [7, 11) is 0. The minimum atomic E-state index is -1.82. The standard InChI is InChI=1S/C65H84Cl3NO15/c1-10-49-36(4)37(5)57(84-64(72)75-34-48-46-29-21-19-27-44(46)45-28-20-22-30-47(45)48)61(77-49)83-56-40(8)52(31-70)80-62(58(56)73-32-42-23-15-13-16-24-42)82-54-38(6)39(7)59(78-50(54)11-2)81-55-41(9)53(69-63(71)76-35-65(66,67)68)60(79-51(55)12-3)74-33-43-25-17-14-18-26-43/h13-30,36-41,48-62,70H,10-12,31-35H2,1-9H3,(H,69,71)/t36-,37-,38-,39?,40-,41-,49?,50?,51?,52?,53?,54+,55+,56+,57?,58?,59+,60-,61+,62+/m1/s1. The first-order valence-corrected chi connectivity index (χ1v) is 31.1. The van der Waals surface area contributed by atoms with Crippen molar-refractivity contribution in [3.63, 3.8) is 0 Å². The molecule has 4 aromatic carbocycles. The van der Waals surface area contributed by atoms with Crippen molar-refractivity contribution in [2.75, 3.05) is 19.8 Å². The Bertz CT molecular complexity index is 2680. The van der Waals surface area contributed by atoms with Crippen LogP contribution in [0.2, 0.25) is 0 Å². The van der Waals surface area contributed by atoms with E-state index >= 15 is 0 Å². The zero-order chi connectivity index (χ0) is 59.8. The monoisotopic (exact) mass is 1220 g/mol. The highest BCUT2D eigenvalue weighted by molar-refractivity contribution is 6.67. The highest BCUT2D eigenvalue weighted by atomic mass is 35.6. The van der Waals surface area contributed by atoms with E-state index < -0.39 is 115 Å². The van der Waals surface area contributed by atoms with Crippen LogP contribution in [0.3, 0.4) is 0 Å². The number of hydrogen-bond donors (Lipinski definition) is 2. The number of amides is 1. The molecule has 0 radical (unpaired) electrons. The lowest BCUT2D eigenvalue weighted by molar-refractivity contribution is -0.373. The Labute approximate surface area is 509 Å². The van der Waals surface area contributed by atoms with Crippen molar-refractivity contribution in [2.45, 2.75) is 191 Å². The zero-order valence-corrected chi connectivity index (χ0v) is 51.7. The van der Waals surface area contributed by atoms with Gasteiger partial charge in [-0.1, -0.05) is 206 Å². The molecule has 0 aromatic heterocycles. The molecular formula is C65H84Cl3NO15. The van der Waals surface area contributed by atoms with Crippen LogP contribution in [0.1, 0.15) is 110 Å². The molecule has 4 fully saturated rings. The van der Waals surface area contributed by atoms with Gasteiger partial charge in [0.05, 0.1) is 68.6 Å². The van der Waals surface area contributed by atoms with E-state index in [4.69, 9.17) is 91.6 Å². The summed E-state index contributed by atoms with van der Waals surface area (Å²) in [5.41, 5.74) is 6.26. The average Bonchev–Trinajstić information content (AvgIpc) is 2.51. The third-order valence-corrected chi connectivity index (χ3v) is 18.4. The lowest BCUT2D eigenvalue weighted by Crippen LogP contribution is -2.63. The summed E-state index contributed by atoms with van der Waals surface area (Å²) in [6.07, 6.45) is -9.29. The summed E-state index contributed by atoms with van der Waals surface area (Å²) in [6, 6.07) is 35.1. The third-order valence-electron chi connectivity index (χ3n) is 18.0. The molecule has 9 rings (SSSR count). The van der Waals surface area contributed by atoms with Crippen LogP contribution in [-0.2, 0) is 70.1 Å². The number of carbonyl (C=O) groups excluding carboxylic acids is 2. The number of nitrogens with one attached hydrogen (secondary N) is 1. The number of hydrogen-bond acceptors (Lipinski definition) is 15. The number of ether oxygens (including phenoxy) is 12. The normalized spacial score (nSPS) is 34.2. The van der Waals surface area contributed by atoms with Crippen LogP contribution >= 0.6 is 34.8 Å². The summed E-state index contributed by atoms with van der Waals surface area (Å²) in [5, 5.41) is 14.0. The number of halogens is 3. The fourth-order valence-electron chi connectivity index (χ4n) is 12.7. The van der Waals surface area contributed by atoms with Gasteiger partial charge in [-0.2, -0.15) is 0 Å². The molecule has 0 saturated carbocycles. The van der Waals surface area contributed by atoms with Crippen LogP contribution in [-0.4, -0.2) is 127 Å². The smallest absolute Gasteiger partial charge is 0.445 e. The van der Waals surface area contributed by atoms with E-state index in [1.807, 2.05) is 120 Å². The second kappa shape index (κ2) is 29.3. The van der Waals surface area contributed by atoms with Crippen molar-refractivity contribution in [3.05, 3.63) is 131 Å². The molecule has 460 valence electrons. The Balaban J connectivity index is 0.937. The Hall–Kier alpha value is -4.11. The molecule has 1 amide bonds. The van der Waals surface area contributed by atoms with Crippen molar-refractivity contribution in [2.24, 2.45) is 35.5 Å². The Morgan fingerprint density at radius 1 is 0.512 bits per heavy atom. The van der Waals surface area contributed by atoms with Crippen molar-refractivity contribution in [1.82, 2.24) is 5.32 Å². The lowest BCUT2D eigenvalue weighted by atomic mass is 9.82. The van der Waals surface area contributed by atoms with Gasteiger partial charge in [0.15, 0.2) is 31.3 Å². The summed E-state index contributed by atoms with van der Waals surface area (Å²) >= 11 is 17.8. The number of benzene rings is 4. The molecule has 5 aliphatic rings. The second-order valence-electron chi connectivity index (χ2n) is 23.3. The Morgan fingerprint density at radius 3 is 1.58 bits per heavy atom. The fraction of sp³-hybridized carbons (Fsp3) is 0.600. The second-order valence-corrected chi connectivity index (χ2v) is 25.8. The molecule has 1 aliphatic carbocycles. The summed E-state index contributed by atoms with van der Waals surface area (Å²) in [6.45, 7) is 18.0. The molecule has 0 bridgehead atoms. The molecule has 4 heterocycles. The average molecular weight is 1230 g/mol. The largest absolute Gasteiger partial charge is 0.508 e. The molecule has 8 unspecified atom stereocenters. The number of aliphatic hydroxyl groups excluding tert-OH is 1. The summed E-state index contributed by atoms with van der Waals surface area (Å²) < 4.78 is 77.8. The number of aliphatic hydroxyl groups is 1. The first kappa shape index (κ1) is 64.4. The van der Waals surface area contributed by atoms with Crippen LogP contribution in [0.4, 0.5) is 9.59 Å². The highest BCUT2D eigenvalue weighted by Crippen LogP contribution is 2.46. The van der Waals surface area contributed by atoms with Gasteiger partial charge in [-0.3, -0.25) is 0 Å². The van der Waals surface area contributed by atoms with Crippen molar-refractivity contribution in [1.29, 1.82) is 0 Å². The van der Waals surface area contributed by atoms with Crippen molar-refractivity contribution >= 4 is 47.1 Å². The maximum absolute atomic E-state index is 14.1. The number of alkyl halides is 3. The number of fused-ring (bicyclic) bond motifs is 3. The number of rotatable bonds is 21. The van der Waals surface area contributed by atoms with Gasteiger partial charge in [0.1, 0.15) is 19.3 Å². The van der Waals surface area contributed by atoms with Gasteiger partial charge in [-0.05, 0) is 64.5 Å². The minimum Gasteiger partial charge on any atom is -0.445 e. The van der Waals surface area contributed by atoms with E-state index in [0.717, 1.165) is 33.4 Å². The zero-order valence-electron chi connectivity index (χ0n) is 49.5. The molecule has 19 heteroatoms. The predicted octanol–water partition coefficient (Wildman–Crippen LogP) is 12.7. The van der Waals surface area contributed by atoms with Crippen molar-refractivity contribution in [3.8, 4) is 11.1 Å². The maximum Gasteiger partial charge on any atom is 0.508 e. The highest BCUT2D eigenvalue weighted by Gasteiger charge is 2.55. The van der Waals surface area contributed by atoms with Crippen molar-refractivity contribution < 1.29 is 71.5 Å². The molecule has 4 saturated heterocycles. The first-order chi connectivity index (χ1) is 40.4. The number of carbonyl (C=O) groups is 2. The summed E-state index contributed by atoms with van der Waals surface area (Å²) in [5.74, 6) is -1.70. The van der Waals surface area contributed by atoms with Gasteiger partial charge < -0.3 is 67.3 Å². The number of alkyl carbamates (subject to hydrolysis) is 1. The lowest BCUT2D eigenvalue weighted by Gasteiger charge is -2.52. The van der Waals surface area contributed by atoms with Gasteiger partial charge in [0.2, 0.25) is 3.79 Å². The Kier molecular flexibility index (Phi) is 22.4. The molecule has 0 spiro atoms. The molecule has 20 atom stereocenters. The molecule has 16 nitrogen and oxygen atoms in total. The molecule has 2 N–H and O–H groups in total. The predicted molar refractivity (Wildman–Crippen MR) is 317 cm³/mol. The fourth-order valence-corrected chi connectivity index (χ4v) is 12.9. The Morgan fingerprint density at radius 2 is 1.00 bits per heavy atom. The third kappa shape index (κ3) is 15.1.